The van der Waals surface area contributed by atoms with E-state index in [2.05, 4.69) is 10.3 Å². The third-order valence-corrected chi connectivity index (χ3v) is 6.42. The van der Waals surface area contributed by atoms with Gasteiger partial charge in [0.2, 0.25) is 5.78 Å². The summed E-state index contributed by atoms with van der Waals surface area (Å²) in [6.45, 7) is 0.414. The lowest BCUT2D eigenvalue weighted by Gasteiger charge is -2.21. The lowest BCUT2D eigenvalue weighted by atomic mass is 10.0. The highest BCUT2D eigenvalue weighted by molar-refractivity contribution is 7.90. The van der Waals surface area contributed by atoms with Crippen molar-refractivity contribution in [2.75, 3.05) is 18.1 Å². The number of carbonyl (C=O) groups is 1. The lowest BCUT2D eigenvalue weighted by Crippen LogP contribution is -2.33. The van der Waals surface area contributed by atoms with Crippen LogP contribution in [0.2, 0.25) is 0 Å². The van der Waals surface area contributed by atoms with E-state index in [-0.39, 0.29) is 10.7 Å². The van der Waals surface area contributed by atoms with Crippen LogP contribution >= 0.6 is 11.3 Å². The average Bonchev–Trinajstić information content (AvgIpc) is 3.21. The van der Waals surface area contributed by atoms with E-state index in [1.807, 2.05) is 0 Å². The molecule has 0 bridgehead atoms. The number of nitrogens with one attached hydrogen (secondary N) is 1. The number of carbonyl (C=O) groups excluding carboxylic acids is 1. The molecule has 1 aromatic carbocycles. The molecule has 2 N–H and O–H groups in total. The highest BCUT2D eigenvalue weighted by atomic mass is 32.2. The molecule has 134 valence electrons. The number of hydrogen-bond donors (Lipinski definition) is 2. The van der Waals surface area contributed by atoms with Crippen LogP contribution in [0.1, 0.15) is 40.9 Å². The van der Waals surface area contributed by atoms with Gasteiger partial charge in [0.1, 0.15) is 0 Å². The van der Waals surface area contributed by atoms with Crippen LogP contribution in [0.5, 0.6) is 0 Å². The molecule has 8 heteroatoms. The number of thiazole rings is 1. The molecule has 1 aliphatic carbocycles. The van der Waals surface area contributed by atoms with E-state index in [0.29, 0.717) is 22.1 Å². The summed E-state index contributed by atoms with van der Waals surface area (Å²) >= 11 is 1.20. The van der Waals surface area contributed by atoms with Crippen LogP contribution in [-0.4, -0.2) is 42.7 Å². The molecule has 0 spiro atoms. The molecule has 2 aromatic rings. The van der Waals surface area contributed by atoms with Gasteiger partial charge in [-0.25, -0.2) is 13.4 Å². The summed E-state index contributed by atoms with van der Waals surface area (Å²) in [6.07, 6.45) is 6.18. The van der Waals surface area contributed by atoms with Gasteiger partial charge < -0.3 is 10.4 Å². The zero-order valence-corrected chi connectivity index (χ0v) is 15.5. The van der Waals surface area contributed by atoms with E-state index in [1.165, 1.54) is 29.7 Å². The van der Waals surface area contributed by atoms with Crippen molar-refractivity contribution < 1.29 is 18.3 Å². The van der Waals surface area contributed by atoms with Gasteiger partial charge in [-0.1, -0.05) is 36.3 Å². The zero-order chi connectivity index (χ0) is 18.1. The molecule has 1 saturated carbocycles. The Morgan fingerprint density at radius 3 is 2.76 bits per heavy atom. The number of ketones is 1. The largest absolute Gasteiger partial charge is 0.388 e. The Morgan fingerprint density at radius 2 is 2.08 bits per heavy atom. The fourth-order valence-corrected chi connectivity index (χ4v) is 4.36. The van der Waals surface area contributed by atoms with Crippen molar-refractivity contribution in [1.29, 1.82) is 0 Å². The number of nitrogens with zero attached hydrogens (tertiary/aromatic N) is 1. The summed E-state index contributed by atoms with van der Waals surface area (Å²) in [4.78, 5) is 17.3. The van der Waals surface area contributed by atoms with Gasteiger partial charge in [-0.3, -0.25) is 4.79 Å². The zero-order valence-electron chi connectivity index (χ0n) is 13.9. The molecule has 25 heavy (non-hydrogen) atoms. The number of sulfone groups is 1. The summed E-state index contributed by atoms with van der Waals surface area (Å²) in [5, 5.41) is 14.0. The summed E-state index contributed by atoms with van der Waals surface area (Å²) in [7, 11) is -3.37. The van der Waals surface area contributed by atoms with Crippen LogP contribution in [0.3, 0.4) is 0 Å². The Bertz CT molecular complexity index is 884. The third kappa shape index (κ3) is 4.26. The summed E-state index contributed by atoms with van der Waals surface area (Å²) < 4.78 is 23.3. The highest BCUT2D eigenvalue weighted by Gasteiger charge is 2.31. The highest BCUT2D eigenvalue weighted by Crippen LogP contribution is 2.30. The predicted molar refractivity (Wildman–Crippen MR) is 97.0 cm³/mol. The van der Waals surface area contributed by atoms with Crippen molar-refractivity contribution >= 4 is 32.1 Å². The number of hydrogen-bond acceptors (Lipinski definition) is 7. The predicted octanol–water partition coefficient (Wildman–Crippen LogP) is 2.49. The molecule has 1 heterocycles. The van der Waals surface area contributed by atoms with Gasteiger partial charge in [-0.15, -0.1) is 0 Å². The van der Waals surface area contributed by atoms with Crippen molar-refractivity contribution in [3.05, 3.63) is 40.9 Å². The molecule has 1 fully saturated rings. The van der Waals surface area contributed by atoms with Crippen molar-refractivity contribution in [3.8, 4) is 0 Å². The first-order valence-corrected chi connectivity index (χ1v) is 10.7. The van der Waals surface area contributed by atoms with E-state index in [1.54, 1.807) is 12.1 Å². The van der Waals surface area contributed by atoms with E-state index in [0.717, 1.165) is 31.9 Å². The monoisotopic (exact) mass is 380 g/mol. The molecular formula is C17H20N2O4S2. The van der Waals surface area contributed by atoms with Gasteiger partial charge in [0.15, 0.2) is 15.0 Å². The SMILES string of the molecule is CS(=O)(=O)c1cccc(C(=O)c2cnc(NCC3(O)CCCC3)s2)c1. The summed E-state index contributed by atoms with van der Waals surface area (Å²) in [5.41, 5.74) is -0.382. The second-order valence-electron chi connectivity index (χ2n) is 6.44. The Morgan fingerprint density at radius 1 is 1.36 bits per heavy atom. The average molecular weight is 380 g/mol. The van der Waals surface area contributed by atoms with E-state index >= 15 is 0 Å². The molecule has 0 radical (unpaired) electrons. The maximum atomic E-state index is 12.6. The number of rotatable bonds is 6. The van der Waals surface area contributed by atoms with E-state index in [9.17, 15) is 18.3 Å². The molecule has 1 aliphatic rings. The topological polar surface area (TPSA) is 96.4 Å². The number of aromatic nitrogens is 1. The van der Waals surface area contributed by atoms with E-state index < -0.39 is 15.4 Å². The molecule has 0 unspecified atom stereocenters. The molecule has 3 rings (SSSR count). The summed E-state index contributed by atoms with van der Waals surface area (Å²) in [6, 6.07) is 5.99. The van der Waals surface area contributed by atoms with Crippen LogP contribution in [0, 0.1) is 0 Å². The van der Waals surface area contributed by atoms with Gasteiger partial charge in [-0.2, -0.15) is 0 Å². The second kappa shape index (κ2) is 6.86. The van der Waals surface area contributed by atoms with Crippen molar-refractivity contribution in [1.82, 2.24) is 4.98 Å². The third-order valence-electron chi connectivity index (χ3n) is 4.36. The molecular weight excluding hydrogens is 360 g/mol. The van der Waals surface area contributed by atoms with Gasteiger partial charge >= 0.3 is 0 Å². The molecule has 0 aliphatic heterocycles. The van der Waals surface area contributed by atoms with Gasteiger partial charge in [-0.05, 0) is 25.0 Å². The fraction of sp³-hybridized carbons (Fsp3) is 0.412. The van der Waals surface area contributed by atoms with Gasteiger partial charge in [0.05, 0.1) is 21.6 Å². The molecule has 6 nitrogen and oxygen atoms in total. The molecule has 0 atom stereocenters. The molecule has 0 amide bonds. The van der Waals surface area contributed by atoms with Crippen molar-refractivity contribution in [2.24, 2.45) is 0 Å². The maximum Gasteiger partial charge on any atom is 0.204 e. The van der Waals surface area contributed by atoms with Crippen LogP contribution in [0.4, 0.5) is 5.13 Å². The first-order valence-electron chi connectivity index (χ1n) is 8.04. The van der Waals surface area contributed by atoms with Crippen LogP contribution < -0.4 is 5.32 Å². The number of anilines is 1. The first kappa shape index (κ1) is 18.0. The van der Waals surface area contributed by atoms with Crippen LogP contribution in [0.15, 0.2) is 35.4 Å². The standard InChI is InChI=1S/C17H20N2O4S2/c1-25(22,23)13-6-4-5-12(9-13)15(20)14-10-18-16(24-14)19-11-17(21)7-2-3-8-17/h4-6,9-10,21H,2-3,7-8,11H2,1H3,(H,18,19). The second-order valence-corrected chi connectivity index (χ2v) is 9.49. The minimum atomic E-state index is -3.37. The number of aliphatic hydroxyl groups is 1. The smallest absolute Gasteiger partial charge is 0.204 e. The fourth-order valence-electron chi connectivity index (χ4n) is 2.92. The number of benzene rings is 1. The Kier molecular flexibility index (Phi) is 4.95. The molecule has 1 aromatic heterocycles. The molecule has 0 saturated heterocycles. The first-order chi connectivity index (χ1) is 11.8. The minimum absolute atomic E-state index is 0.115. The Hall–Kier alpha value is -1.77. The minimum Gasteiger partial charge on any atom is -0.388 e. The normalized spacial score (nSPS) is 16.7. The quantitative estimate of drug-likeness (QED) is 0.748. The van der Waals surface area contributed by atoms with Gasteiger partial charge in [0.25, 0.3) is 0 Å². The van der Waals surface area contributed by atoms with Crippen molar-refractivity contribution in [3.63, 3.8) is 0 Å². The van der Waals surface area contributed by atoms with Crippen molar-refractivity contribution in [2.45, 2.75) is 36.2 Å². The summed E-state index contributed by atoms with van der Waals surface area (Å²) in [5.74, 6) is -0.268. The van der Waals surface area contributed by atoms with E-state index in [4.69, 9.17) is 0 Å². The van der Waals surface area contributed by atoms with Crippen LogP contribution in [0.25, 0.3) is 0 Å². The maximum absolute atomic E-state index is 12.6. The lowest BCUT2D eigenvalue weighted by molar-refractivity contribution is 0.0614. The van der Waals surface area contributed by atoms with Crippen LogP contribution in [-0.2, 0) is 9.84 Å². The Balaban J connectivity index is 1.72. The Labute approximate surface area is 150 Å². The van der Waals surface area contributed by atoms with Gasteiger partial charge in [0, 0.05) is 18.4 Å².